The second-order valence-electron chi connectivity index (χ2n) is 13.5. The van der Waals surface area contributed by atoms with Gasteiger partial charge in [0.1, 0.15) is 29.5 Å². The third-order valence-corrected chi connectivity index (χ3v) is 5.40. The highest BCUT2D eigenvalue weighted by atomic mass is 16.6. The fourth-order valence-corrected chi connectivity index (χ4v) is 3.79. The lowest BCUT2D eigenvalue weighted by Crippen LogP contribution is -2.51. The van der Waals surface area contributed by atoms with Crippen LogP contribution in [-0.2, 0) is 39.9 Å². The van der Waals surface area contributed by atoms with E-state index in [9.17, 15) is 24.0 Å². The van der Waals surface area contributed by atoms with Crippen molar-refractivity contribution in [1.82, 2.24) is 16.0 Å². The molecule has 0 aliphatic heterocycles. The van der Waals surface area contributed by atoms with Gasteiger partial charge >= 0.3 is 30.0 Å². The highest BCUT2D eigenvalue weighted by molar-refractivity contribution is 5.85. The lowest BCUT2D eigenvalue weighted by molar-refractivity contribution is -0.159. The highest BCUT2D eigenvalue weighted by Gasteiger charge is 2.30. The summed E-state index contributed by atoms with van der Waals surface area (Å²) in [6.07, 6.45) is 0.0493. The first kappa shape index (κ1) is 38.2. The van der Waals surface area contributed by atoms with E-state index in [4.69, 9.17) is 18.9 Å². The summed E-state index contributed by atoms with van der Waals surface area (Å²) in [5, 5.41) is 7.88. The zero-order valence-electron chi connectivity index (χ0n) is 27.7. The Morgan fingerprint density at radius 1 is 0.705 bits per heavy atom. The van der Waals surface area contributed by atoms with Crippen LogP contribution in [0.15, 0.2) is 30.3 Å². The Morgan fingerprint density at radius 2 is 1.23 bits per heavy atom. The summed E-state index contributed by atoms with van der Waals surface area (Å²) in [5.41, 5.74) is -1.45. The van der Waals surface area contributed by atoms with Crippen LogP contribution in [0.2, 0.25) is 0 Å². The highest BCUT2D eigenvalue weighted by Crippen LogP contribution is 2.15. The number of hydrogen-bond acceptors (Lipinski definition) is 9. The van der Waals surface area contributed by atoms with Crippen molar-refractivity contribution >= 4 is 30.0 Å². The summed E-state index contributed by atoms with van der Waals surface area (Å²) in [4.78, 5) is 63.0. The molecule has 12 nitrogen and oxygen atoms in total. The first-order valence-corrected chi connectivity index (χ1v) is 14.9. The molecular weight excluding hydrogens is 570 g/mol. The number of unbranched alkanes of at least 4 members (excludes halogenated alkanes) is 1. The van der Waals surface area contributed by atoms with Gasteiger partial charge < -0.3 is 34.9 Å². The van der Waals surface area contributed by atoms with Crippen LogP contribution in [0.4, 0.5) is 9.59 Å². The molecule has 0 aliphatic carbocycles. The van der Waals surface area contributed by atoms with E-state index < -0.39 is 58.9 Å². The minimum absolute atomic E-state index is 0.148. The van der Waals surface area contributed by atoms with Crippen LogP contribution < -0.4 is 16.0 Å². The van der Waals surface area contributed by atoms with Gasteiger partial charge in [0.2, 0.25) is 0 Å². The Hall–Kier alpha value is -3.83. The van der Waals surface area contributed by atoms with Crippen LogP contribution >= 0.6 is 0 Å². The Kier molecular flexibility index (Phi) is 15.2. The van der Waals surface area contributed by atoms with Gasteiger partial charge in [-0.3, -0.25) is 9.59 Å². The molecule has 1 aromatic carbocycles. The molecule has 248 valence electrons. The maximum atomic E-state index is 13.0. The normalized spacial score (nSPS) is 12.5. The number of ether oxygens (including phenoxy) is 4. The van der Waals surface area contributed by atoms with E-state index in [-0.39, 0.29) is 25.9 Å². The van der Waals surface area contributed by atoms with Gasteiger partial charge in [-0.05, 0) is 87.1 Å². The van der Waals surface area contributed by atoms with Gasteiger partial charge in [-0.15, -0.1) is 0 Å². The van der Waals surface area contributed by atoms with Crippen LogP contribution in [0.5, 0.6) is 0 Å². The molecule has 0 spiro atoms. The lowest BCUT2D eigenvalue weighted by atomic mass is 10.1. The van der Waals surface area contributed by atoms with E-state index in [1.807, 2.05) is 30.3 Å². The molecular formula is C32H51N3O9. The number of alkyl carbamates (subject to hydrolysis) is 1. The van der Waals surface area contributed by atoms with E-state index in [1.54, 1.807) is 62.3 Å². The van der Waals surface area contributed by atoms with Gasteiger partial charge in [0.25, 0.3) is 0 Å². The van der Waals surface area contributed by atoms with Crippen molar-refractivity contribution in [3.63, 3.8) is 0 Å². The summed E-state index contributed by atoms with van der Waals surface area (Å²) in [6, 6.07) is 6.55. The Balaban J connectivity index is 2.78. The Labute approximate surface area is 261 Å². The second kappa shape index (κ2) is 17.5. The van der Waals surface area contributed by atoms with Crippen molar-refractivity contribution in [2.75, 3.05) is 6.54 Å². The van der Waals surface area contributed by atoms with Crippen molar-refractivity contribution in [3.05, 3.63) is 35.9 Å². The third kappa shape index (κ3) is 19.4. The van der Waals surface area contributed by atoms with Crippen LogP contribution in [0.1, 0.15) is 100.0 Å². The summed E-state index contributed by atoms with van der Waals surface area (Å²) in [7, 11) is 0. The number of esters is 3. The molecule has 0 saturated carbocycles. The number of carbonyl (C=O) groups excluding carboxylic acids is 5. The number of carbonyl (C=O) groups is 5. The van der Waals surface area contributed by atoms with Crippen molar-refractivity contribution in [1.29, 1.82) is 0 Å². The predicted molar refractivity (Wildman–Crippen MR) is 164 cm³/mol. The topological polar surface area (TPSA) is 158 Å². The third-order valence-electron chi connectivity index (χ3n) is 5.40. The zero-order chi connectivity index (χ0) is 33.6. The molecule has 44 heavy (non-hydrogen) atoms. The van der Waals surface area contributed by atoms with E-state index >= 15 is 0 Å². The molecule has 0 heterocycles. The minimum atomic E-state index is -1.03. The number of rotatable bonds is 14. The second-order valence-corrected chi connectivity index (χ2v) is 13.5. The quantitative estimate of drug-likeness (QED) is 0.149. The van der Waals surface area contributed by atoms with Gasteiger partial charge in [-0.1, -0.05) is 30.3 Å². The fourth-order valence-electron chi connectivity index (χ4n) is 3.79. The molecule has 1 rings (SSSR count). The van der Waals surface area contributed by atoms with E-state index in [1.165, 1.54) is 0 Å². The zero-order valence-corrected chi connectivity index (χ0v) is 27.7. The van der Waals surface area contributed by atoms with E-state index in [0.29, 0.717) is 19.4 Å². The number of nitrogens with one attached hydrogen (secondary N) is 3. The standard InChI is InChI=1S/C32H51N3O9/c1-30(2,3)42-25(36)19-23(20-26(37)43-31(4,5)6)34-28(39)35-24(27(38)44-32(7,8)9)17-13-14-18-33-29(40)41-21-22-15-11-10-12-16-22/h10-12,15-16,23-24H,13-14,17-21H2,1-9H3,(H,33,40)(H2,34,35,39). The number of amides is 3. The average Bonchev–Trinajstić information content (AvgIpc) is 2.83. The summed E-state index contributed by atoms with van der Waals surface area (Å²) in [6.45, 7) is 15.9. The fraction of sp³-hybridized carbons (Fsp3) is 0.656. The van der Waals surface area contributed by atoms with Gasteiger partial charge in [0.15, 0.2) is 0 Å². The summed E-state index contributed by atoms with van der Waals surface area (Å²) < 4.78 is 21.4. The molecule has 3 amide bonds. The van der Waals surface area contributed by atoms with Crippen molar-refractivity contribution in [2.24, 2.45) is 0 Å². The van der Waals surface area contributed by atoms with E-state index in [2.05, 4.69) is 16.0 Å². The van der Waals surface area contributed by atoms with Gasteiger partial charge in [0, 0.05) is 6.54 Å². The predicted octanol–water partition coefficient (Wildman–Crippen LogP) is 4.92. The molecule has 0 aliphatic rings. The molecule has 0 radical (unpaired) electrons. The average molecular weight is 622 g/mol. The first-order chi connectivity index (χ1) is 20.2. The number of hydrogen-bond donors (Lipinski definition) is 3. The SMILES string of the molecule is CC(C)(C)OC(=O)CC(CC(=O)OC(C)(C)C)NC(=O)NC(CCCCNC(=O)OCc1ccccc1)C(=O)OC(C)(C)C. The number of benzene rings is 1. The molecule has 0 bridgehead atoms. The van der Waals surface area contributed by atoms with Crippen LogP contribution in [0, 0.1) is 0 Å². The lowest BCUT2D eigenvalue weighted by Gasteiger charge is -2.27. The van der Waals surface area contributed by atoms with Crippen molar-refractivity contribution < 1.29 is 42.9 Å². The minimum Gasteiger partial charge on any atom is -0.460 e. The van der Waals surface area contributed by atoms with Gasteiger partial charge in [0.05, 0.1) is 18.9 Å². The molecule has 12 heteroatoms. The van der Waals surface area contributed by atoms with Crippen LogP contribution in [0.3, 0.4) is 0 Å². The van der Waals surface area contributed by atoms with Crippen LogP contribution in [-0.4, -0.2) is 65.5 Å². The van der Waals surface area contributed by atoms with Crippen molar-refractivity contribution in [2.45, 2.75) is 130 Å². The Morgan fingerprint density at radius 3 is 1.73 bits per heavy atom. The number of urea groups is 1. The monoisotopic (exact) mass is 621 g/mol. The van der Waals surface area contributed by atoms with Gasteiger partial charge in [-0.2, -0.15) is 0 Å². The molecule has 0 aromatic heterocycles. The van der Waals surface area contributed by atoms with Gasteiger partial charge in [-0.25, -0.2) is 14.4 Å². The molecule has 0 saturated heterocycles. The first-order valence-electron chi connectivity index (χ1n) is 14.9. The molecule has 3 N–H and O–H groups in total. The Bertz CT molecular complexity index is 1060. The molecule has 1 atom stereocenters. The maximum absolute atomic E-state index is 13.0. The largest absolute Gasteiger partial charge is 0.460 e. The van der Waals surface area contributed by atoms with Crippen molar-refractivity contribution in [3.8, 4) is 0 Å². The molecule has 1 aromatic rings. The van der Waals surface area contributed by atoms with Crippen LogP contribution in [0.25, 0.3) is 0 Å². The molecule has 0 fully saturated rings. The summed E-state index contributed by atoms with van der Waals surface area (Å²) in [5.74, 6) is -1.85. The molecule has 1 unspecified atom stereocenters. The summed E-state index contributed by atoms with van der Waals surface area (Å²) >= 11 is 0. The maximum Gasteiger partial charge on any atom is 0.407 e. The van der Waals surface area contributed by atoms with E-state index in [0.717, 1.165) is 5.56 Å². The smallest absolute Gasteiger partial charge is 0.407 e.